The molecule has 0 amide bonds. The summed E-state index contributed by atoms with van der Waals surface area (Å²) in [4.78, 5) is 1.43. The van der Waals surface area contributed by atoms with Gasteiger partial charge in [0.2, 0.25) is 0 Å². The SMILES string of the molecule is CCCNC(c1sccc1C)C(CC)OCC. The Morgan fingerprint density at radius 2 is 2.12 bits per heavy atom. The van der Waals surface area contributed by atoms with Gasteiger partial charge in [-0.15, -0.1) is 11.3 Å². The number of hydrogen-bond donors (Lipinski definition) is 1. The Bertz CT molecular complexity index is 311. The summed E-state index contributed by atoms with van der Waals surface area (Å²) in [6.45, 7) is 10.5. The number of ether oxygens (including phenoxy) is 1. The fraction of sp³-hybridized carbons (Fsp3) is 0.714. The Kier molecular flexibility index (Phi) is 6.78. The zero-order valence-corrected chi connectivity index (χ0v) is 12.3. The summed E-state index contributed by atoms with van der Waals surface area (Å²) in [5.74, 6) is 0. The first kappa shape index (κ1) is 14.7. The standard InChI is InChI=1S/C14H25NOS/c1-5-9-15-13(12(6-2)16-7-3)14-11(4)8-10-17-14/h8,10,12-13,15H,5-7,9H2,1-4H3. The van der Waals surface area contributed by atoms with Crippen molar-refractivity contribution in [1.29, 1.82) is 0 Å². The monoisotopic (exact) mass is 255 g/mol. The molecule has 98 valence electrons. The molecule has 1 aromatic rings. The lowest BCUT2D eigenvalue weighted by Crippen LogP contribution is -2.34. The van der Waals surface area contributed by atoms with Crippen molar-refractivity contribution >= 4 is 11.3 Å². The molecule has 0 aliphatic heterocycles. The van der Waals surface area contributed by atoms with Crippen LogP contribution in [0.15, 0.2) is 11.4 Å². The molecule has 0 spiro atoms. The Morgan fingerprint density at radius 3 is 2.59 bits per heavy atom. The molecule has 2 nitrogen and oxygen atoms in total. The number of nitrogens with one attached hydrogen (secondary N) is 1. The maximum absolute atomic E-state index is 5.87. The maximum Gasteiger partial charge on any atom is 0.0775 e. The van der Waals surface area contributed by atoms with Crippen LogP contribution < -0.4 is 5.32 Å². The average Bonchev–Trinajstić information content (AvgIpc) is 2.75. The number of thiophene rings is 1. The van der Waals surface area contributed by atoms with Gasteiger partial charge in [-0.3, -0.25) is 0 Å². The molecule has 17 heavy (non-hydrogen) atoms. The minimum absolute atomic E-state index is 0.281. The highest BCUT2D eigenvalue weighted by Crippen LogP contribution is 2.29. The van der Waals surface area contributed by atoms with Crippen LogP contribution in [0.2, 0.25) is 0 Å². The van der Waals surface area contributed by atoms with Crippen LogP contribution in [0, 0.1) is 6.92 Å². The van der Waals surface area contributed by atoms with Gasteiger partial charge in [-0.25, -0.2) is 0 Å². The predicted molar refractivity (Wildman–Crippen MR) is 75.8 cm³/mol. The fourth-order valence-corrected chi connectivity index (χ4v) is 3.11. The third-order valence-corrected chi connectivity index (χ3v) is 4.06. The summed E-state index contributed by atoms with van der Waals surface area (Å²) in [5.41, 5.74) is 1.38. The van der Waals surface area contributed by atoms with E-state index in [0.29, 0.717) is 6.04 Å². The smallest absolute Gasteiger partial charge is 0.0775 e. The summed E-state index contributed by atoms with van der Waals surface area (Å²) >= 11 is 1.84. The van der Waals surface area contributed by atoms with Crippen LogP contribution >= 0.6 is 11.3 Å². The molecule has 0 aliphatic carbocycles. The van der Waals surface area contributed by atoms with Crippen LogP contribution in [0.3, 0.4) is 0 Å². The normalized spacial score (nSPS) is 14.8. The second kappa shape index (κ2) is 7.85. The molecule has 3 heteroatoms. The van der Waals surface area contributed by atoms with Crippen LogP contribution in [0.5, 0.6) is 0 Å². The average molecular weight is 255 g/mol. The molecular weight excluding hydrogens is 230 g/mol. The van der Waals surface area contributed by atoms with Crippen molar-refractivity contribution < 1.29 is 4.74 Å². The van der Waals surface area contributed by atoms with Crippen LogP contribution in [0.1, 0.15) is 50.1 Å². The minimum atomic E-state index is 0.281. The topological polar surface area (TPSA) is 21.3 Å². The summed E-state index contributed by atoms with van der Waals surface area (Å²) in [6, 6.07) is 2.54. The van der Waals surface area contributed by atoms with E-state index in [1.807, 2.05) is 11.3 Å². The second-order valence-electron chi connectivity index (χ2n) is 4.30. The van der Waals surface area contributed by atoms with E-state index in [-0.39, 0.29) is 6.10 Å². The molecule has 0 aliphatic rings. The summed E-state index contributed by atoms with van der Waals surface area (Å²) in [7, 11) is 0. The molecule has 2 unspecified atom stereocenters. The highest BCUT2D eigenvalue weighted by atomic mass is 32.1. The van der Waals surface area contributed by atoms with E-state index in [2.05, 4.69) is 44.5 Å². The largest absolute Gasteiger partial charge is 0.377 e. The molecule has 1 N–H and O–H groups in total. The minimum Gasteiger partial charge on any atom is -0.377 e. The lowest BCUT2D eigenvalue weighted by molar-refractivity contribution is 0.0322. The van der Waals surface area contributed by atoms with E-state index >= 15 is 0 Å². The van der Waals surface area contributed by atoms with Crippen LogP contribution in [0.25, 0.3) is 0 Å². The maximum atomic E-state index is 5.87. The molecule has 0 saturated carbocycles. The van der Waals surface area contributed by atoms with Gasteiger partial charge in [-0.1, -0.05) is 13.8 Å². The van der Waals surface area contributed by atoms with Crippen LogP contribution in [0.4, 0.5) is 0 Å². The predicted octanol–water partition coefficient (Wildman–Crippen LogP) is 3.91. The van der Waals surface area contributed by atoms with Crippen molar-refractivity contribution in [3.63, 3.8) is 0 Å². The molecule has 1 aromatic heterocycles. The Hall–Kier alpha value is -0.380. The quantitative estimate of drug-likeness (QED) is 0.760. The lowest BCUT2D eigenvalue weighted by Gasteiger charge is -2.27. The molecule has 0 fully saturated rings. The van der Waals surface area contributed by atoms with E-state index in [1.165, 1.54) is 10.4 Å². The Labute approximate surface area is 109 Å². The zero-order valence-electron chi connectivity index (χ0n) is 11.5. The second-order valence-corrected chi connectivity index (χ2v) is 5.25. The first-order chi connectivity index (χ1) is 8.24. The number of aryl methyl sites for hydroxylation is 1. The lowest BCUT2D eigenvalue weighted by atomic mass is 10.0. The van der Waals surface area contributed by atoms with Gasteiger partial charge in [0.1, 0.15) is 0 Å². The van der Waals surface area contributed by atoms with Crippen molar-refractivity contribution in [2.24, 2.45) is 0 Å². The van der Waals surface area contributed by atoms with Crippen LogP contribution in [-0.2, 0) is 4.74 Å². The van der Waals surface area contributed by atoms with Crippen LogP contribution in [-0.4, -0.2) is 19.3 Å². The zero-order chi connectivity index (χ0) is 12.7. The first-order valence-corrected chi connectivity index (χ1v) is 7.51. The molecular formula is C14H25NOS. The van der Waals surface area contributed by atoms with Crippen molar-refractivity contribution in [2.45, 2.75) is 52.7 Å². The Morgan fingerprint density at radius 1 is 1.35 bits per heavy atom. The van der Waals surface area contributed by atoms with E-state index in [4.69, 9.17) is 4.74 Å². The van der Waals surface area contributed by atoms with E-state index < -0.39 is 0 Å². The first-order valence-electron chi connectivity index (χ1n) is 6.63. The molecule has 0 saturated heterocycles. The van der Waals surface area contributed by atoms with E-state index in [1.54, 1.807) is 0 Å². The van der Waals surface area contributed by atoms with E-state index in [9.17, 15) is 0 Å². The van der Waals surface area contributed by atoms with Gasteiger partial charge >= 0.3 is 0 Å². The molecule has 2 atom stereocenters. The van der Waals surface area contributed by atoms with Gasteiger partial charge in [0.15, 0.2) is 0 Å². The highest BCUT2D eigenvalue weighted by Gasteiger charge is 2.23. The van der Waals surface area contributed by atoms with Crippen molar-refractivity contribution in [3.8, 4) is 0 Å². The molecule has 1 rings (SSSR count). The van der Waals surface area contributed by atoms with Crippen molar-refractivity contribution in [2.75, 3.05) is 13.2 Å². The van der Waals surface area contributed by atoms with Gasteiger partial charge in [0, 0.05) is 11.5 Å². The van der Waals surface area contributed by atoms with Crippen molar-refractivity contribution in [1.82, 2.24) is 5.32 Å². The molecule has 0 radical (unpaired) electrons. The summed E-state index contributed by atoms with van der Waals surface area (Å²) in [6.07, 6.45) is 2.49. The molecule has 0 bridgehead atoms. The van der Waals surface area contributed by atoms with Gasteiger partial charge in [-0.05, 0) is 50.2 Å². The number of hydrogen-bond acceptors (Lipinski definition) is 3. The third kappa shape index (κ3) is 4.09. The van der Waals surface area contributed by atoms with Gasteiger partial charge in [0.25, 0.3) is 0 Å². The molecule has 1 heterocycles. The number of rotatable bonds is 8. The molecule has 0 aromatic carbocycles. The highest BCUT2D eigenvalue weighted by molar-refractivity contribution is 7.10. The van der Waals surface area contributed by atoms with Crippen molar-refractivity contribution in [3.05, 3.63) is 21.9 Å². The third-order valence-electron chi connectivity index (χ3n) is 2.95. The summed E-state index contributed by atoms with van der Waals surface area (Å²) in [5, 5.41) is 5.80. The Balaban J connectivity index is 2.82. The van der Waals surface area contributed by atoms with Gasteiger partial charge < -0.3 is 10.1 Å². The van der Waals surface area contributed by atoms with Gasteiger partial charge in [0.05, 0.1) is 12.1 Å². The van der Waals surface area contributed by atoms with Gasteiger partial charge in [-0.2, -0.15) is 0 Å². The summed E-state index contributed by atoms with van der Waals surface area (Å²) < 4.78 is 5.87. The van der Waals surface area contributed by atoms with E-state index in [0.717, 1.165) is 26.0 Å². The fourth-order valence-electron chi connectivity index (χ4n) is 2.06.